The van der Waals surface area contributed by atoms with Gasteiger partial charge in [-0.05, 0) is 71.0 Å². The van der Waals surface area contributed by atoms with Crippen LogP contribution in [0, 0.1) is 11.3 Å². The summed E-state index contributed by atoms with van der Waals surface area (Å²) in [6.07, 6.45) is 5.96. The van der Waals surface area contributed by atoms with Gasteiger partial charge in [-0.1, -0.05) is 13.8 Å². The molecule has 3 aliphatic rings. The third-order valence-corrected chi connectivity index (χ3v) is 6.14. The van der Waals surface area contributed by atoms with Gasteiger partial charge in [0.15, 0.2) is 0 Å². The first-order valence-corrected chi connectivity index (χ1v) is 9.71. The Bertz CT molecular complexity index is 305. The second kappa shape index (κ2) is 8.12. The van der Waals surface area contributed by atoms with E-state index in [1.165, 1.54) is 71.5 Å². The predicted octanol–water partition coefficient (Wildman–Crippen LogP) is 3.16. The van der Waals surface area contributed by atoms with Crippen molar-refractivity contribution < 1.29 is 0 Å². The summed E-state index contributed by atoms with van der Waals surface area (Å²) in [7, 11) is 2.25. The number of hydrogen-bond acceptors (Lipinski definition) is 3. The van der Waals surface area contributed by atoms with Gasteiger partial charge in [-0.3, -0.25) is 0 Å². The first-order chi connectivity index (χ1) is 10.6. The highest BCUT2D eigenvalue weighted by molar-refractivity contribution is 4.98. The maximum Gasteiger partial charge on any atom is 0.0110 e. The van der Waals surface area contributed by atoms with Crippen molar-refractivity contribution in [2.75, 3.05) is 52.9 Å². The minimum atomic E-state index is 0.744. The number of piperidine rings is 1. The molecule has 3 fully saturated rings. The summed E-state index contributed by atoms with van der Waals surface area (Å²) in [4.78, 5) is 7.83. The van der Waals surface area contributed by atoms with Gasteiger partial charge in [0, 0.05) is 38.8 Å². The SMILES string of the molecule is CC.CC(C)N1CCC2(CC1)CC(CN1CCN(C)CC1)C2. The molecule has 1 saturated carbocycles. The third kappa shape index (κ3) is 4.46. The summed E-state index contributed by atoms with van der Waals surface area (Å²) in [5.74, 6) is 1.00. The Morgan fingerprint density at radius 2 is 1.45 bits per heavy atom. The van der Waals surface area contributed by atoms with E-state index in [1.807, 2.05) is 13.8 Å². The van der Waals surface area contributed by atoms with E-state index < -0.39 is 0 Å². The standard InChI is InChI=1S/C17H33N3.C2H6/c1-15(2)20-6-4-17(5-7-20)12-16(13-17)14-19-10-8-18(3)9-11-19;1-2/h15-16H,4-14H2,1-3H3;1-2H3. The highest BCUT2D eigenvalue weighted by Crippen LogP contribution is 2.52. The van der Waals surface area contributed by atoms with Crippen LogP contribution in [-0.4, -0.2) is 73.6 Å². The Balaban J connectivity index is 0.000000847. The number of hydrogen-bond donors (Lipinski definition) is 0. The van der Waals surface area contributed by atoms with Gasteiger partial charge in [-0.25, -0.2) is 0 Å². The Morgan fingerprint density at radius 3 is 1.95 bits per heavy atom. The third-order valence-electron chi connectivity index (χ3n) is 6.14. The van der Waals surface area contributed by atoms with Crippen LogP contribution in [0.25, 0.3) is 0 Å². The monoisotopic (exact) mass is 309 g/mol. The van der Waals surface area contributed by atoms with E-state index in [9.17, 15) is 0 Å². The maximum absolute atomic E-state index is 2.71. The van der Waals surface area contributed by atoms with Gasteiger partial charge in [0.25, 0.3) is 0 Å². The van der Waals surface area contributed by atoms with Gasteiger partial charge in [-0.2, -0.15) is 0 Å². The van der Waals surface area contributed by atoms with Gasteiger partial charge in [-0.15, -0.1) is 0 Å². The zero-order valence-electron chi connectivity index (χ0n) is 15.8. The average Bonchev–Trinajstić information content (AvgIpc) is 2.50. The van der Waals surface area contributed by atoms with Crippen LogP contribution in [0.1, 0.15) is 53.4 Å². The lowest BCUT2D eigenvalue weighted by Gasteiger charge is -2.54. The zero-order valence-corrected chi connectivity index (χ0v) is 15.8. The molecule has 130 valence electrons. The first kappa shape index (κ1) is 18.2. The molecule has 0 atom stereocenters. The van der Waals surface area contributed by atoms with Crippen LogP contribution < -0.4 is 0 Å². The molecule has 3 nitrogen and oxygen atoms in total. The highest BCUT2D eigenvalue weighted by Gasteiger charge is 2.46. The van der Waals surface area contributed by atoms with Gasteiger partial charge in [0.2, 0.25) is 0 Å². The molecule has 0 amide bonds. The first-order valence-electron chi connectivity index (χ1n) is 9.71. The summed E-state index contributed by atoms with van der Waals surface area (Å²) in [6.45, 7) is 17.9. The Labute approximate surface area is 139 Å². The van der Waals surface area contributed by atoms with Crippen molar-refractivity contribution >= 4 is 0 Å². The van der Waals surface area contributed by atoms with Crippen molar-refractivity contribution in [2.24, 2.45) is 11.3 Å². The lowest BCUT2D eigenvalue weighted by atomic mass is 9.57. The second-order valence-electron chi connectivity index (χ2n) is 8.01. The van der Waals surface area contributed by atoms with Crippen molar-refractivity contribution in [3.63, 3.8) is 0 Å². The molecular formula is C19H39N3. The number of likely N-dealkylation sites (tertiary alicyclic amines) is 1. The minimum absolute atomic E-state index is 0.744. The van der Waals surface area contributed by atoms with Gasteiger partial charge in [0.05, 0.1) is 0 Å². The van der Waals surface area contributed by atoms with Crippen molar-refractivity contribution in [1.29, 1.82) is 0 Å². The van der Waals surface area contributed by atoms with Crippen LogP contribution in [0.15, 0.2) is 0 Å². The van der Waals surface area contributed by atoms with Crippen LogP contribution in [0.2, 0.25) is 0 Å². The molecule has 0 N–H and O–H groups in total. The number of nitrogens with zero attached hydrogens (tertiary/aromatic N) is 3. The Hall–Kier alpha value is -0.120. The fraction of sp³-hybridized carbons (Fsp3) is 1.00. The summed E-state index contributed by atoms with van der Waals surface area (Å²) >= 11 is 0. The van der Waals surface area contributed by atoms with Crippen molar-refractivity contribution in [1.82, 2.24) is 14.7 Å². The normalized spacial score (nSPS) is 27.5. The van der Waals surface area contributed by atoms with E-state index in [4.69, 9.17) is 0 Å². The predicted molar refractivity (Wildman–Crippen MR) is 96.4 cm³/mol. The Kier molecular flexibility index (Phi) is 6.73. The van der Waals surface area contributed by atoms with Gasteiger partial charge < -0.3 is 14.7 Å². The largest absolute Gasteiger partial charge is 0.304 e. The van der Waals surface area contributed by atoms with Gasteiger partial charge in [0.1, 0.15) is 0 Å². The molecule has 1 aliphatic carbocycles. The molecule has 3 heteroatoms. The van der Waals surface area contributed by atoms with E-state index in [-0.39, 0.29) is 0 Å². The summed E-state index contributed by atoms with van der Waals surface area (Å²) < 4.78 is 0. The zero-order chi connectivity index (χ0) is 16.2. The van der Waals surface area contributed by atoms with Crippen LogP contribution in [-0.2, 0) is 0 Å². The molecule has 0 aromatic rings. The molecule has 0 aromatic heterocycles. The summed E-state index contributed by atoms with van der Waals surface area (Å²) in [6, 6.07) is 0.744. The number of rotatable bonds is 3. The van der Waals surface area contributed by atoms with E-state index in [0.717, 1.165) is 17.4 Å². The minimum Gasteiger partial charge on any atom is -0.304 e. The maximum atomic E-state index is 2.71. The van der Waals surface area contributed by atoms with Crippen molar-refractivity contribution in [3.05, 3.63) is 0 Å². The molecule has 2 aliphatic heterocycles. The van der Waals surface area contributed by atoms with Crippen LogP contribution in [0.5, 0.6) is 0 Å². The van der Waals surface area contributed by atoms with Crippen LogP contribution in [0.3, 0.4) is 0 Å². The number of likely N-dealkylation sites (N-methyl/N-ethyl adjacent to an activating group) is 1. The fourth-order valence-electron chi connectivity index (χ4n) is 4.61. The second-order valence-corrected chi connectivity index (χ2v) is 8.01. The lowest BCUT2D eigenvalue weighted by molar-refractivity contribution is -0.0354. The smallest absolute Gasteiger partial charge is 0.0110 e. The van der Waals surface area contributed by atoms with Crippen LogP contribution in [0.4, 0.5) is 0 Å². The van der Waals surface area contributed by atoms with E-state index in [2.05, 4.69) is 35.6 Å². The molecule has 0 unspecified atom stereocenters. The molecule has 2 saturated heterocycles. The molecule has 0 bridgehead atoms. The molecule has 3 rings (SSSR count). The average molecular weight is 310 g/mol. The van der Waals surface area contributed by atoms with Crippen molar-refractivity contribution in [2.45, 2.75) is 59.4 Å². The quantitative estimate of drug-likeness (QED) is 0.793. The molecule has 0 radical (unpaired) electrons. The molecule has 22 heavy (non-hydrogen) atoms. The highest BCUT2D eigenvalue weighted by atomic mass is 15.2. The number of piperazine rings is 1. The van der Waals surface area contributed by atoms with Crippen molar-refractivity contribution in [3.8, 4) is 0 Å². The topological polar surface area (TPSA) is 9.72 Å². The van der Waals surface area contributed by atoms with Crippen LogP contribution >= 0.6 is 0 Å². The molecule has 2 heterocycles. The van der Waals surface area contributed by atoms with Gasteiger partial charge >= 0.3 is 0 Å². The van der Waals surface area contributed by atoms with E-state index in [0.29, 0.717) is 0 Å². The molecular weight excluding hydrogens is 270 g/mol. The molecule has 1 spiro atoms. The Morgan fingerprint density at radius 1 is 0.909 bits per heavy atom. The summed E-state index contributed by atoms with van der Waals surface area (Å²) in [5.41, 5.74) is 0.753. The van der Waals surface area contributed by atoms with E-state index in [1.54, 1.807) is 0 Å². The summed E-state index contributed by atoms with van der Waals surface area (Å²) in [5, 5.41) is 0. The fourth-order valence-corrected chi connectivity index (χ4v) is 4.61. The molecule has 0 aromatic carbocycles. The lowest BCUT2D eigenvalue weighted by Crippen LogP contribution is -2.52. The van der Waals surface area contributed by atoms with E-state index >= 15 is 0 Å².